The van der Waals surface area contributed by atoms with Crippen LogP contribution in [0.15, 0.2) is 41.9 Å². The number of allylic oxidation sites excluding steroid dienone is 1. The molecule has 4 rings (SSSR count). The second kappa shape index (κ2) is 12.0. The van der Waals surface area contributed by atoms with Gasteiger partial charge < -0.3 is 54.0 Å². The number of esters is 1. The fourth-order valence-electron chi connectivity index (χ4n) is 4.67. The number of aliphatic hydroxyl groups excluding tert-OH is 4. The van der Waals surface area contributed by atoms with E-state index in [2.05, 4.69) is 0 Å². The molecule has 208 valence electrons. The Morgan fingerprint density at radius 1 is 1.08 bits per heavy atom. The molecule has 3 aliphatic rings. The van der Waals surface area contributed by atoms with Crippen LogP contribution in [0.1, 0.15) is 12.0 Å². The maximum absolute atomic E-state index is 12.3. The Morgan fingerprint density at radius 2 is 1.79 bits per heavy atom. The normalized spacial score (nSPS) is 30.6. The first-order valence-corrected chi connectivity index (χ1v) is 12.0. The molecule has 0 bridgehead atoms. The molecule has 0 amide bonds. The van der Waals surface area contributed by atoms with Crippen LogP contribution in [0.2, 0.25) is 0 Å². The maximum Gasteiger partial charge on any atom is 0.330 e. The highest BCUT2D eigenvalue weighted by Gasteiger charge is 2.47. The molecule has 1 saturated heterocycles. The molecule has 12 nitrogen and oxygen atoms in total. The van der Waals surface area contributed by atoms with Crippen molar-refractivity contribution in [3.63, 3.8) is 0 Å². The monoisotopic (exact) mass is 536 g/mol. The summed E-state index contributed by atoms with van der Waals surface area (Å²) in [7, 11) is 2.75. The number of rotatable bonds is 9. The van der Waals surface area contributed by atoms with Crippen LogP contribution in [-0.2, 0) is 23.7 Å². The summed E-state index contributed by atoms with van der Waals surface area (Å²) in [6.45, 7) is -0.257. The van der Waals surface area contributed by atoms with Crippen molar-refractivity contribution in [1.82, 2.24) is 0 Å². The zero-order chi connectivity index (χ0) is 27.4. The molecule has 1 fully saturated rings. The predicted octanol–water partition coefficient (Wildman–Crippen LogP) is 0.216. The second-order valence-corrected chi connectivity index (χ2v) is 9.11. The summed E-state index contributed by atoms with van der Waals surface area (Å²) in [6.07, 6.45) is -0.734. The molecule has 1 aliphatic carbocycles. The van der Waals surface area contributed by atoms with Crippen LogP contribution in [0.4, 0.5) is 0 Å². The van der Waals surface area contributed by atoms with Gasteiger partial charge in [0.2, 0.25) is 12.0 Å². The van der Waals surface area contributed by atoms with Crippen molar-refractivity contribution in [2.24, 2.45) is 11.8 Å². The molecule has 0 aromatic heterocycles. The lowest BCUT2D eigenvalue weighted by atomic mass is 9.87. The average molecular weight is 537 g/mol. The zero-order valence-corrected chi connectivity index (χ0v) is 20.9. The van der Waals surface area contributed by atoms with E-state index in [4.69, 9.17) is 28.4 Å². The summed E-state index contributed by atoms with van der Waals surface area (Å²) < 4.78 is 32.3. The van der Waals surface area contributed by atoms with Gasteiger partial charge in [-0.3, -0.25) is 0 Å². The van der Waals surface area contributed by atoms with Gasteiger partial charge >= 0.3 is 5.97 Å². The highest BCUT2D eigenvalue weighted by molar-refractivity contribution is 5.87. The average Bonchev–Trinajstić information content (AvgIpc) is 3.34. The molecule has 0 spiro atoms. The number of benzene rings is 1. The van der Waals surface area contributed by atoms with Crippen molar-refractivity contribution in [2.45, 2.75) is 37.1 Å². The molecule has 2 heterocycles. The number of ether oxygens (including phenoxy) is 6. The minimum atomic E-state index is -1.61. The van der Waals surface area contributed by atoms with Gasteiger partial charge in [0.05, 0.1) is 39.6 Å². The molecule has 1 aromatic carbocycles. The van der Waals surface area contributed by atoms with Crippen molar-refractivity contribution in [1.29, 1.82) is 0 Å². The van der Waals surface area contributed by atoms with Gasteiger partial charge in [-0.1, -0.05) is 0 Å². The minimum Gasteiger partial charge on any atom is -0.502 e. The number of methoxy groups -OCH3 is 2. The summed E-state index contributed by atoms with van der Waals surface area (Å²) in [5.41, 5.74) is 1.22. The van der Waals surface area contributed by atoms with Gasteiger partial charge in [-0.25, -0.2) is 4.79 Å². The van der Waals surface area contributed by atoms with E-state index in [1.54, 1.807) is 0 Å². The van der Waals surface area contributed by atoms with Crippen LogP contribution in [0.5, 0.6) is 17.2 Å². The summed E-state index contributed by atoms with van der Waals surface area (Å²) in [6, 6.07) is 2.99. The number of phenolic OH excluding ortho intramolecular Hbond substituents is 1. The van der Waals surface area contributed by atoms with Gasteiger partial charge in [0.25, 0.3) is 0 Å². The first-order valence-electron chi connectivity index (χ1n) is 12.0. The first kappa shape index (κ1) is 27.7. The number of aromatic hydroxyl groups is 1. The molecular weight excluding hydrogens is 504 g/mol. The second-order valence-electron chi connectivity index (χ2n) is 9.11. The van der Waals surface area contributed by atoms with Crippen LogP contribution in [0.3, 0.4) is 0 Å². The van der Waals surface area contributed by atoms with Gasteiger partial charge in [0, 0.05) is 12.0 Å². The van der Waals surface area contributed by atoms with E-state index in [0.29, 0.717) is 24.4 Å². The number of aliphatic hydroxyl groups is 4. The third-order valence-corrected chi connectivity index (χ3v) is 6.82. The molecule has 0 unspecified atom stereocenters. The molecule has 0 radical (unpaired) electrons. The number of phenols is 1. The zero-order valence-electron chi connectivity index (χ0n) is 20.9. The Bertz CT molecular complexity index is 1070. The topological polar surface area (TPSA) is 174 Å². The van der Waals surface area contributed by atoms with E-state index >= 15 is 0 Å². The van der Waals surface area contributed by atoms with Gasteiger partial charge in [0.1, 0.15) is 36.8 Å². The third-order valence-electron chi connectivity index (χ3n) is 6.82. The van der Waals surface area contributed by atoms with Gasteiger partial charge in [-0.2, -0.15) is 0 Å². The minimum absolute atomic E-state index is 0.00273. The Hall–Kier alpha value is -3.29. The standard InChI is InChI=1S/C26H32O12/c1-33-18-7-13(8-19(34-2)22(18)29)3-6-21(28)36-12-20-23(30)24(31)25(32)26(38-20)37-17-5-4-15-14(9-27)10-35-11-16(15)17/h3,5-8,10,15-16,20,23-27,29-32H,4,9,11-12H2,1-2H3/b6-3+/t15-,16+,20-,23-,24+,25-,26-/m1/s1. The van der Waals surface area contributed by atoms with Crippen LogP contribution in [-0.4, -0.2) is 96.2 Å². The van der Waals surface area contributed by atoms with Crippen molar-refractivity contribution in [3.05, 3.63) is 47.4 Å². The lowest BCUT2D eigenvalue weighted by molar-refractivity contribution is -0.293. The third kappa shape index (κ3) is 5.74. The van der Waals surface area contributed by atoms with Crippen molar-refractivity contribution in [2.75, 3.05) is 34.0 Å². The van der Waals surface area contributed by atoms with Gasteiger partial charge in [0.15, 0.2) is 11.5 Å². The lowest BCUT2D eigenvalue weighted by Crippen LogP contribution is -2.59. The van der Waals surface area contributed by atoms with Crippen molar-refractivity contribution >= 4 is 12.0 Å². The number of hydrogen-bond donors (Lipinski definition) is 5. The van der Waals surface area contributed by atoms with E-state index in [1.165, 1.54) is 38.7 Å². The molecule has 12 heteroatoms. The number of fused-ring (bicyclic) bond motifs is 1. The highest BCUT2D eigenvalue weighted by Crippen LogP contribution is 2.41. The number of hydrogen-bond acceptors (Lipinski definition) is 12. The quantitative estimate of drug-likeness (QED) is 0.215. The molecule has 2 aliphatic heterocycles. The first-order chi connectivity index (χ1) is 18.3. The molecule has 5 N–H and O–H groups in total. The van der Waals surface area contributed by atoms with Crippen LogP contribution in [0, 0.1) is 11.8 Å². The molecule has 7 atom stereocenters. The molecule has 0 saturated carbocycles. The summed E-state index contributed by atoms with van der Waals surface area (Å²) in [5, 5.41) is 50.7. The Balaban J connectivity index is 1.36. The highest BCUT2D eigenvalue weighted by atomic mass is 16.7. The molecule has 1 aromatic rings. The van der Waals surface area contributed by atoms with Gasteiger partial charge in [-0.15, -0.1) is 0 Å². The summed E-state index contributed by atoms with van der Waals surface area (Å²) in [4.78, 5) is 12.3. The SMILES string of the molecule is COc1cc(/C=C/C(=O)OC[C@H]2O[C@@H](OC3=CC[C@@H]4C(CO)=COC[C@H]34)[C@H](O)[C@@H](O)[C@@H]2O)cc(OC)c1O. The Morgan fingerprint density at radius 3 is 2.45 bits per heavy atom. The van der Waals surface area contributed by atoms with E-state index < -0.39 is 43.3 Å². The molecule has 38 heavy (non-hydrogen) atoms. The predicted molar refractivity (Wildman–Crippen MR) is 130 cm³/mol. The lowest BCUT2D eigenvalue weighted by Gasteiger charge is -2.40. The van der Waals surface area contributed by atoms with Crippen LogP contribution >= 0.6 is 0 Å². The molecular formula is C26H32O12. The summed E-state index contributed by atoms with van der Waals surface area (Å²) >= 11 is 0. The van der Waals surface area contributed by atoms with Crippen LogP contribution < -0.4 is 9.47 Å². The van der Waals surface area contributed by atoms with E-state index in [9.17, 15) is 30.3 Å². The smallest absolute Gasteiger partial charge is 0.330 e. The fourth-order valence-corrected chi connectivity index (χ4v) is 4.67. The van der Waals surface area contributed by atoms with Crippen LogP contribution in [0.25, 0.3) is 6.08 Å². The van der Waals surface area contributed by atoms with Gasteiger partial charge in [-0.05, 0) is 41.8 Å². The number of carbonyl (C=O) groups excluding carboxylic acids is 1. The van der Waals surface area contributed by atoms with Crippen molar-refractivity contribution in [3.8, 4) is 17.2 Å². The Labute approximate surface area is 218 Å². The Kier molecular flexibility index (Phi) is 8.80. The van der Waals surface area contributed by atoms with E-state index in [-0.39, 0.29) is 35.7 Å². The van der Waals surface area contributed by atoms with E-state index in [1.807, 2.05) is 6.08 Å². The fraction of sp³-hybridized carbons (Fsp3) is 0.500. The van der Waals surface area contributed by atoms with E-state index in [0.717, 1.165) is 11.6 Å². The maximum atomic E-state index is 12.3. The number of carbonyl (C=O) groups is 1. The summed E-state index contributed by atoms with van der Waals surface area (Å²) in [5.74, 6) is -0.351. The van der Waals surface area contributed by atoms with Crippen molar-refractivity contribution < 1.29 is 58.7 Å². The largest absolute Gasteiger partial charge is 0.502 e.